The lowest BCUT2D eigenvalue weighted by molar-refractivity contribution is 0.0670. The lowest BCUT2D eigenvalue weighted by Crippen LogP contribution is -2.58. The summed E-state index contributed by atoms with van der Waals surface area (Å²) in [5.74, 6) is 2.47. The number of morpholine rings is 1. The highest BCUT2D eigenvalue weighted by atomic mass is 16.5. The molecule has 2 fully saturated rings. The fourth-order valence-electron chi connectivity index (χ4n) is 4.93. The molecule has 5 rings (SSSR count). The average Bonchev–Trinajstić information content (AvgIpc) is 3.29. The number of carbonyl (C=O) groups is 1. The van der Waals surface area contributed by atoms with Gasteiger partial charge in [-0.15, -0.1) is 0 Å². The molecule has 2 aliphatic heterocycles. The Morgan fingerprint density at radius 2 is 1.85 bits per heavy atom. The molecule has 0 aromatic carbocycles. The number of hydrogen-bond donors (Lipinski definition) is 1. The normalized spacial score (nSPS) is 21.3. The van der Waals surface area contributed by atoms with E-state index in [0.717, 1.165) is 30.1 Å². The lowest BCUT2D eigenvalue weighted by Gasteiger charge is -2.44. The fourth-order valence-corrected chi connectivity index (χ4v) is 4.93. The first-order valence-corrected chi connectivity index (χ1v) is 11.8. The molecule has 34 heavy (non-hydrogen) atoms. The van der Waals surface area contributed by atoms with Gasteiger partial charge in [-0.25, -0.2) is 15.0 Å². The number of ether oxygens (including phenoxy) is 1. The molecule has 180 valence electrons. The first-order chi connectivity index (χ1) is 16.5. The molecule has 0 spiro atoms. The number of anilines is 2. The molecular weight excluding hydrogens is 436 g/mol. The average molecular weight is 467 g/mol. The van der Waals surface area contributed by atoms with Crippen LogP contribution >= 0.6 is 0 Å². The van der Waals surface area contributed by atoms with Crippen LogP contribution < -0.4 is 9.80 Å². The summed E-state index contributed by atoms with van der Waals surface area (Å²) in [7, 11) is 0. The van der Waals surface area contributed by atoms with Crippen molar-refractivity contribution >= 4 is 28.5 Å². The van der Waals surface area contributed by atoms with E-state index in [-0.39, 0.29) is 24.6 Å². The van der Waals surface area contributed by atoms with E-state index in [4.69, 9.17) is 9.15 Å². The Hall–Kier alpha value is -3.24. The smallest absolute Gasteiger partial charge is 0.289 e. The van der Waals surface area contributed by atoms with Gasteiger partial charge in [0.05, 0.1) is 25.2 Å². The van der Waals surface area contributed by atoms with Crippen molar-refractivity contribution in [3.63, 3.8) is 0 Å². The van der Waals surface area contributed by atoms with E-state index in [9.17, 15) is 9.90 Å². The molecule has 3 aromatic heterocycles. The molecule has 2 aliphatic rings. The Morgan fingerprint density at radius 3 is 2.59 bits per heavy atom. The van der Waals surface area contributed by atoms with Crippen molar-refractivity contribution in [2.75, 3.05) is 55.8 Å². The molecule has 3 aromatic rings. The molecule has 2 atom stereocenters. The van der Waals surface area contributed by atoms with E-state index in [1.807, 2.05) is 17.0 Å². The summed E-state index contributed by atoms with van der Waals surface area (Å²) in [6.07, 6.45) is 3.86. The van der Waals surface area contributed by atoms with Crippen molar-refractivity contribution in [3.8, 4) is 0 Å². The molecule has 0 unspecified atom stereocenters. The van der Waals surface area contributed by atoms with Gasteiger partial charge in [0.2, 0.25) is 0 Å². The van der Waals surface area contributed by atoms with Gasteiger partial charge in [0.15, 0.2) is 5.76 Å². The number of hydrogen-bond acceptors (Lipinski definition) is 9. The van der Waals surface area contributed by atoms with Gasteiger partial charge in [0, 0.05) is 63.1 Å². The fraction of sp³-hybridized carbons (Fsp3) is 0.500. The zero-order valence-corrected chi connectivity index (χ0v) is 19.6. The molecule has 5 heterocycles. The predicted octanol–water partition coefficient (Wildman–Crippen LogP) is 1.73. The summed E-state index contributed by atoms with van der Waals surface area (Å²) in [6, 6.07) is 5.62. The third kappa shape index (κ3) is 4.30. The van der Waals surface area contributed by atoms with Gasteiger partial charge < -0.3 is 29.0 Å². The predicted molar refractivity (Wildman–Crippen MR) is 127 cm³/mol. The minimum atomic E-state index is -0.119. The number of pyridine rings is 1. The summed E-state index contributed by atoms with van der Waals surface area (Å²) in [5.41, 5.74) is 0.664. The van der Waals surface area contributed by atoms with E-state index in [1.54, 1.807) is 18.5 Å². The van der Waals surface area contributed by atoms with Crippen LogP contribution in [-0.4, -0.2) is 88.9 Å². The van der Waals surface area contributed by atoms with Crippen LogP contribution in [0.3, 0.4) is 0 Å². The molecule has 10 heteroatoms. The number of rotatable bonds is 5. The molecule has 1 amide bonds. The van der Waals surface area contributed by atoms with Crippen molar-refractivity contribution in [3.05, 3.63) is 42.2 Å². The summed E-state index contributed by atoms with van der Waals surface area (Å²) in [5, 5.41) is 10.1. The summed E-state index contributed by atoms with van der Waals surface area (Å²) in [4.78, 5) is 33.1. The van der Waals surface area contributed by atoms with Crippen LogP contribution in [0, 0.1) is 0 Å². The second-order valence-electron chi connectivity index (χ2n) is 8.88. The van der Waals surface area contributed by atoms with Crippen molar-refractivity contribution in [1.29, 1.82) is 0 Å². The molecule has 0 aliphatic carbocycles. The highest BCUT2D eigenvalue weighted by Gasteiger charge is 2.34. The number of amides is 1. The van der Waals surface area contributed by atoms with Crippen molar-refractivity contribution in [1.82, 2.24) is 19.9 Å². The van der Waals surface area contributed by atoms with E-state index in [0.29, 0.717) is 49.9 Å². The van der Waals surface area contributed by atoms with Crippen molar-refractivity contribution in [2.24, 2.45) is 0 Å². The molecule has 10 nitrogen and oxygen atoms in total. The Balaban J connectivity index is 1.35. The lowest BCUT2D eigenvalue weighted by atomic mass is 10.1. The molecule has 0 saturated carbocycles. The molecule has 0 bridgehead atoms. The molecule has 0 radical (unpaired) electrons. The quantitative estimate of drug-likeness (QED) is 0.601. The summed E-state index contributed by atoms with van der Waals surface area (Å²) >= 11 is 0. The third-order valence-electron chi connectivity index (χ3n) is 6.44. The van der Waals surface area contributed by atoms with E-state index in [2.05, 4.69) is 38.6 Å². The third-order valence-corrected chi connectivity index (χ3v) is 6.44. The van der Waals surface area contributed by atoms with Gasteiger partial charge in [0.1, 0.15) is 23.0 Å². The number of carbonyl (C=O) groups excluding carboxylic acids is 1. The highest BCUT2D eigenvalue weighted by molar-refractivity contribution is 5.99. The standard InChI is InChI=1S/C24H30N6O4/c1-16-14-29(15-17(2)30(16)22-4-7-25-21(27-22)5-10-31)24(32)20-13-18-19(34-20)3-6-26-23(18)28-8-11-33-12-9-28/h3-4,6-7,13,16-17,31H,5,8-12,14-15H2,1-2H3/t16-,17+. The number of fused-ring (bicyclic) bond motifs is 1. The van der Waals surface area contributed by atoms with Gasteiger partial charge in [-0.1, -0.05) is 0 Å². The Morgan fingerprint density at radius 1 is 1.12 bits per heavy atom. The van der Waals surface area contributed by atoms with Crippen LogP contribution in [0.5, 0.6) is 0 Å². The van der Waals surface area contributed by atoms with Crippen LogP contribution in [0.25, 0.3) is 11.0 Å². The van der Waals surface area contributed by atoms with Gasteiger partial charge in [0.25, 0.3) is 5.91 Å². The molecule has 2 saturated heterocycles. The first-order valence-electron chi connectivity index (χ1n) is 11.8. The Kier molecular flexibility index (Phi) is 6.34. The maximum absolute atomic E-state index is 13.4. The number of aliphatic hydroxyl groups is 1. The number of piperazine rings is 1. The van der Waals surface area contributed by atoms with Crippen LogP contribution in [0.15, 0.2) is 35.0 Å². The highest BCUT2D eigenvalue weighted by Crippen LogP contribution is 2.30. The van der Waals surface area contributed by atoms with Gasteiger partial charge in [-0.2, -0.15) is 0 Å². The van der Waals surface area contributed by atoms with Crippen molar-refractivity contribution in [2.45, 2.75) is 32.4 Å². The number of nitrogens with zero attached hydrogens (tertiary/aromatic N) is 6. The zero-order chi connectivity index (χ0) is 23.7. The zero-order valence-electron chi connectivity index (χ0n) is 19.6. The number of aromatic nitrogens is 3. The van der Waals surface area contributed by atoms with Gasteiger partial charge in [-0.05, 0) is 26.0 Å². The van der Waals surface area contributed by atoms with Crippen LogP contribution in [0.1, 0.15) is 30.2 Å². The van der Waals surface area contributed by atoms with Crippen molar-refractivity contribution < 1.29 is 19.1 Å². The number of furan rings is 1. The van der Waals surface area contributed by atoms with Crippen LogP contribution in [0.4, 0.5) is 11.6 Å². The maximum Gasteiger partial charge on any atom is 0.289 e. The SMILES string of the molecule is C[C@@H]1CN(C(=O)c2cc3c(N4CCOCC4)nccc3o2)C[C@H](C)N1c1ccnc(CCO)n1. The monoisotopic (exact) mass is 466 g/mol. The Labute approximate surface area is 198 Å². The summed E-state index contributed by atoms with van der Waals surface area (Å²) in [6.45, 7) is 8.14. The second kappa shape index (κ2) is 9.55. The van der Waals surface area contributed by atoms with E-state index >= 15 is 0 Å². The van der Waals surface area contributed by atoms with Gasteiger partial charge in [-0.3, -0.25) is 4.79 Å². The topological polar surface area (TPSA) is 108 Å². The van der Waals surface area contributed by atoms with E-state index in [1.165, 1.54) is 0 Å². The first kappa shape index (κ1) is 22.5. The van der Waals surface area contributed by atoms with E-state index < -0.39 is 0 Å². The second-order valence-corrected chi connectivity index (χ2v) is 8.88. The molecular formula is C24H30N6O4. The summed E-state index contributed by atoms with van der Waals surface area (Å²) < 4.78 is 11.5. The van der Waals surface area contributed by atoms with Crippen LogP contribution in [0.2, 0.25) is 0 Å². The Bertz CT molecular complexity index is 1150. The van der Waals surface area contributed by atoms with Gasteiger partial charge >= 0.3 is 0 Å². The number of aliphatic hydroxyl groups excluding tert-OH is 1. The minimum Gasteiger partial charge on any atom is -0.451 e. The van der Waals surface area contributed by atoms with Crippen LogP contribution in [-0.2, 0) is 11.2 Å². The largest absolute Gasteiger partial charge is 0.451 e. The minimum absolute atomic E-state index is 0.0110. The maximum atomic E-state index is 13.4. The molecule has 1 N–H and O–H groups in total.